The third kappa shape index (κ3) is 6.59. The summed E-state index contributed by atoms with van der Waals surface area (Å²) < 4.78 is 32.2. The number of anilines is 1. The summed E-state index contributed by atoms with van der Waals surface area (Å²) in [7, 11) is -3.88. The van der Waals surface area contributed by atoms with Crippen molar-refractivity contribution in [2.24, 2.45) is 0 Å². The van der Waals surface area contributed by atoms with Gasteiger partial charge in [0.25, 0.3) is 11.1 Å². The predicted molar refractivity (Wildman–Crippen MR) is 154 cm³/mol. The molecule has 1 aliphatic rings. The summed E-state index contributed by atoms with van der Waals surface area (Å²) in [6, 6.07) is 10.5. The number of rotatable bonds is 5. The van der Waals surface area contributed by atoms with E-state index in [4.69, 9.17) is 27.9 Å². The SMILES string of the molecule is CC1COc2ccccc2N1C(=O)C(Cl)Cl.CCN(CC)C(=O)n1cnc(S(=O)(=O)c2c(C)cc(C)cc2C)n1. The number of para-hydroxylation sites is 2. The number of ether oxygens (including phenoxy) is 1. The molecule has 10 nitrogen and oxygen atoms in total. The van der Waals surface area contributed by atoms with Crippen LogP contribution in [0.5, 0.6) is 5.75 Å². The van der Waals surface area contributed by atoms with E-state index in [1.165, 1.54) is 4.90 Å². The van der Waals surface area contributed by atoms with Crippen molar-refractivity contribution in [3.8, 4) is 5.75 Å². The van der Waals surface area contributed by atoms with Gasteiger partial charge in [0, 0.05) is 13.1 Å². The highest BCUT2D eigenvalue weighted by molar-refractivity contribution is 7.91. The van der Waals surface area contributed by atoms with Crippen molar-refractivity contribution in [2.45, 2.75) is 62.5 Å². The van der Waals surface area contributed by atoms with Crippen molar-refractivity contribution in [2.75, 3.05) is 24.6 Å². The summed E-state index contributed by atoms with van der Waals surface area (Å²) in [5.74, 6) is 0.370. The lowest BCUT2D eigenvalue weighted by molar-refractivity contribution is -0.117. The third-order valence-electron chi connectivity index (χ3n) is 6.28. The summed E-state index contributed by atoms with van der Waals surface area (Å²) in [5.41, 5.74) is 2.98. The Bertz CT molecular complexity index is 1460. The number of benzene rings is 2. The number of sulfone groups is 1. The molecule has 1 unspecified atom stereocenters. The zero-order valence-corrected chi connectivity index (χ0v) is 25.6. The molecular weight excluding hydrogens is 577 g/mol. The molecule has 3 aromatic rings. The molecule has 216 valence electrons. The quantitative estimate of drug-likeness (QED) is 0.376. The smallest absolute Gasteiger partial charge is 0.346 e. The third-order valence-corrected chi connectivity index (χ3v) is 8.51. The van der Waals surface area contributed by atoms with Crippen molar-refractivity contribution >= 4 is 50.7 Å². The second kappa shape index (κ2) is 13.0. The first-order chi connectivity index (χ1) is 18.8. The Morgan fingerprint density at radius 2 is 1.70 bits per heavy atom. The van der Waals surface area contributed by atoms with Gasteiger partial charge < -0.3 is 14.5 Å². The van der Waals surface area contributed by atoms with Crippen LogP contribution in [0, 0.1) is 20.8 Å². The highest BCUT2D eigenvalue weighted by Gasteiger charge is 2.32. The Hall–Kier alpha value is -3.15. The lowest BCUT2D eigenvalue weighted by atomic mass is 10.1. The Morgan fingerprint density at radius 1 is 1.10 bits per heavy atom. The molecule has 40 heavy (non-hydrogen) atoms. The maximum Gasteiger partial charge on any atom is 0.346 e. The van der Waals surface area contributed by atoms with Crippen LogP contribution in [0.4, 0.5) is 10.5 Å². The molecule has 0 N–H and O–H groups in total. The molecule has 0 aliphatic carbocycles. The number of aromatic nitrogens is 3. The van der Waals surface area contributed by atoms with Gasteiger partial charge in [-0.25, -0.2) is 18.2 Å². The van der Waals surface area contributed by atoms with Gasteiger partial charge >= 0.3 is 6.03 Å². The fraction of sp³-hybridized carbons (Fsp3) is 0.407. The second-order valence-corrected chi connectivity index (χ2v) is 12.2. The van der Waals surface area contributed by atoms with E-state index in [1.54, 1.807) is 30.9 Å². The number of carbonyl (C=O) groups excluding carboxylic acids is 2. The first-order valence-corrected chi connectivity index (χ1v) is 15.1. The molecule has 0 saturated heterocycles. The number of amides is 2. The monoisotopic (exact) mass is 609 g/mol. The number of carbonyl (C=O) groups is 2. The van der Waals surface area contributed by atoms with Crippen LogP contribution in [0.25, 0.3) is 0 Å². The summed E-state index contributed by atoms with van der Waals surface area (Å²) >= 11 is 11.3. The lowest BCUT2D eigenvalue weighted by Crippen LogP contribution is -2.47. The van der Waals surface area contributed by atoms with E-state index in [2.05, 4.69) is 10.1 Å². The van der Waals surface area contributed by atoms with Crippen LogP contribution in [0.1, 0.15) is 37.5 Å². The van der Waals surface area contributed by atoms with Gasteiger partial charge in [-0.15, -0.1) is 5.10 Å². The fourth-order valence-corrected chi connectivity index (χ4v) is 6.27. The molecule has 2 aromatic carbocycles. The number of hydrogen-bond acceptors (Lipinski definition) is 7. The Morgan fingerprint density at radius 3 is 2.27 bits per heavy atom. The lowest BCUT2D eigenvalue weighted by Gasteiger charge is -2.35. The summed E-state index contributed by atoms with van der Waals surface area (Å²) in [6.07, 6.45) is 1.15. The van der Waals surface area contributed by atoms with Gasteiger partial charge in [0.15, 0.2) is 4.84 Å². The van der Waals surface area contributed by atoms with Gasteiger partial charge in [-0.2, -0.15) is 4.68 Å². The average Bonchev–Trinajstić information content (AvgIpc) is 3.40. The number of alkyl halides is 2. The topological polar surface area (TPSA) is 115 Å². The minimum absolute atomic E-state index is 0.0672. The number of hydrogen-bond donors (Lipinski definition) is 0. The van der Waals surface area contributed by atoms with Crippen molar-refractivity contribution in [3.05, 3.63) is 59.4 Å². The van der Waals surface area contributed by atoms with Gasteiger partial charge in [-0.05, 0) is 64.8 Å². The molecule has 0 bridgehead atoms. The molecule has 0 saturated carbocycles. The molecule has 1 atom stereocenters. The van der Waals surface area contributed by atoms with Crippen LogP contribution in [-0.2, 0) is 14.6 Å². The maximum absolute atomic E-state index is 12.9. The van der Waals surface area contributed by atoms with Crippen LogP contribution in [0.2, 0.25) is 0 Å². The molecular formula is C27H33Cl2N5O5S. The second-order valence-electron chi connectivity index (χ2n) is 9.29. The van der Waals surface area contributed by atoms with Gasteiger partial charge in [0.1, 0.15) is 18.7 Å². The molecule has 13 heteroatoms. The number of nitrogens with zero attached hydrogens (tertiary/aromatic N) is 5. The van der Waals surface area contributed by atoms with E-state index >= 15 is 0 Å². The van der Waals surface area contributed by atoms with Gasteiger partial charge in [0.05, 0.1) is 16.6 Å². The van der Waals surface area contributed by atoms with Gasteiger partial charge in [-0.1, -0.05) is 53.0 Å². The molecule has 2 heterocycles. The Labute approximate surface area is 244 Å². The van der Waals surface area contributed by atoms with Crippen LogP contribution in [0.15, 0.2) is 52.8 Å². The molecule has 0 fully saturated rings. The van der Waals surface area contributed by atoms with Gasteiger partial charge in [-0.3, -0.25) is 4.79 Å². The van der Waals surface area contributed by atoms with E-state index in [1.807, 2.05) is 52.0 Å². The maximum atomic E-state index is 12.9. The van der Waals surface area contributed by atoms with Crippen molar-refractivity contribution in [3.63, 3.8) is 0 Å². The van der Waals surface area contributed by atoms with Crippen LogP contribution >= 0.6 is 23.2 Å². The Balaban J connectivity index is 0.000000238. The van der Waals surface area contributed by atoms with Crippen LogP contribution < -0.4 is 9.64 Å². The van der Waals surface area contributed by atoms with Crippen LogP contribution in [-0.4, -0.2) is 70.6 Å². The zero-order valence-electron chi connectivity index (χ0n) is 23.3. The summed E-state index contributed by atoms with van der Waals surface area (Å²) in [6.45, 7) is 12.4. The molecule has 0 radical (unpaired) electrons. The molecule has 2 amide bonds. The molecule has 1 aliphatic heterocycles. The summed E-state index contributed by atoms with van der Waals surface area (Å²) in [4.78, 5) is 30.3. The predicted octanol–water partition coefficient (Wildman–Crippen LogP) is 4.95. The average molecular weight is 611 g/mol. The highest BCUT2D eigenvalue weighted by atomic mass is 35.5. The van der Waals surface area contributed by atoms with Crippen molar-refractivity contribution in [1.29, 1.82) is 0 Å². The largest absolute Gasteiger partial charge is 0.489 e. The first kappa shape index (κ1) is 31.4. The van der Waals surface area contributed by atoms with E-state index in [9.17, 15) is 18.0 Å². The minimum atomic E-state index is -3.88. The number of aryl methyl sites for hydroxylation is 3. The standard InChI is InChI=1S/C16H22N4O3S.C11H11Cl2NO2/c1-6-19(7-2)16(21)20-10-17-15(18-20)24(22,23)14-12(4)8-11(3)9-13(14)5;1-7-6-16-9-5-3-2-4-8(9)14(7)11(15)10(12)13/h8-10H,6-7H2,1-5H3;2-5,7,10H,6H2,1H3. The normalized spacial score (nSPS) is 14.6. The van der Waals surface area contributed by atoms with Crippen LogP contribution in [0.3, 0.4) is 0 Å². The van der Waals surface area contributed by atoms with E-state index in [-0.39, 0.29) is 22.0 Å². The van der Waals surface area contributed by atoms with Crippen molar-refractivity contribution < 1.29 is 22.7 Å². The number of halogens is 2. The molecule has 1 aromatic heterocycles. The summed E-state index contributed by atoms with van der Waals surface area (Å²) in [5, 5.41) is 3.54. The van der Waals surface area contributed by atoms with Gasteiger partial charge in [0.2, 0.25) is 9.84 Å². The fourth-order valence-electron chi connectivity index (χ4n) is 4.53. The highest BCUT2D eigenvalue weighted by Crippen LogP contribution is 2.34. The first-order valence-electron chi connectivity index (χ1n) is 12.7. The zero-order chi connectivity index (χ0) is 29.8. The Kier molecular flexibility index (Phi) is 10.2. The van der Waals surface area contributed by atoms with E-state index in [0.29, 0.717) is 36.6 Å². The molecule has 4 rings (SSSR count). The minimum Gasteiger partial charge on any atom is -0.489 e. The number of fused-ring (bicyclic) bond motifs is 1. The molecule has 0 spiro atoms. The van der Waals surface area contributed by atoms with E-state index < -0.39 is 20.7 Å². The van der Waals surface area contributed by atoms with Crippen molar-refractivity contribution in [1.82, 2.24) is 19.7 Å². The van der Waals surface area contributed by atoms with E-state index in [0.717, 1.165) is 22.3 Å².